The molecule has 6 nitrogen and oxygen atoms in total. The molecule has 63 heavy (non-hydrogen) atoms. The number of carbonyl (C=O) groups is 3. The summed E-state index contributed by atoms with van der Waals surface area (Å²) in [6, 6.07) is 0. The summed E-state index contributed by atoms with van der Waals surface area (Å²) in [5.74, 6) is 76.2. The molecule has 0 aliphatic carbocycles. The minimum Gasteiger partial charge on any atom is -0.455 e. The predicted octanol–water partition coefficient (Wildman–Crippen LogP) is 6.12. The van der Waals surface area contributed by atoms with Gasteiger partial charge in [0, 0.05) is 18.3 Å². The molecule has 0 aliphatic rings. The summed E-state index contributed by atoms with van der Waals surface area (Å²) in [5.41, 5.74) is 0. The average molecular weight is 825 g/mol. The maximum atomic E-state index is 12.6. The number of unbranched alkanes of at least 4 members (excludes halogenated alkanes) is 11. The summed E-state index contributed by atoms with van der Waals surface area (Å²) in [5, 5.41) is 0. The minimum atomic E-state index is -1.11. The molecule has 308 valence electrons. The third-order valence-electron chi connectivity index (χ3n) is 6.95. The Morgan fingerprint density at radius 3 is 1.05 bits per heavy atom. The highest BCUT2D eigenvalue weighted by molar-refractivity contribution is 5.89. The van der Waals surface area contributed by atoms with Crippen molar-refractivity contribution in [1.82, 2.24) is 0 Å². The van der Waals surface area contributed by atoms with Crippen molar-refractivity contribution in [2.24, 2.45) is 0 Å². The van der Waals surface area contributed by atoms with Gasteiger partial charge in [0.2, 0.25) is 0 Å². The maximum Gasteiger partial charge on any atom is 0.385 e. The molecule has 0 amide bonds. The zero-order valence-corrected chi connectivity index (χ0v) is 36.0. The monoisotopic (exact) mass is 824 g/mol. The van der Waals surface area contributed by atoms with E-state index in [-0.39, 0.29) is 6.42 Å². The maximum absolute atomic E-state index is 12.6. The molecular weight excluding hydrogens is 781 g/mol. The van der Waals surface area contributed by atoms with E-state index in [0.29, 0.717) is 6.42 Å². The van der Waals surface area contributed by atoms with Crippen LogP contribution in [0.2, 0.25) is 0 Å². The molecule has 0 atom stereocenters. The Bertz CT molecular complexity index is 2480. The first-order chi connectivity index (χ1) is 31.0. The highest BCUT2D eigenvalue weighted by Crippen LogP contribution is 2.11. The molecule has 0 aromatic heterocycles. The fourth-order valence-corrected chi connectivity index (χ4v) is 4.15. The van der Waals surface area contributed by atoms with Gasteiger partial charge >= 0.3 is 17.9 Å². The molecule has 0 radical (unpaired) electrons. The Morgan fingerprint density at radius 1 is 0.397 bits per heavy atom. The van der Waals surface area contributed by atoms with Gasteiger partial charge in [-0.25, -0.2) is 9.59 Å². The van der Waals surface area contributed by atoms with Crippen molar-refractivity contribution < 1.29 is 28.6 Å². The van der Waals surface area contributed by atoms with Gasteiger partial charge in [0.05, 0.1) is 0 Å². The van der Waals surface area contributed by atoms with Crippen LogP contribution in [-0.4, -0.2) is 37.2 Å². The standard InChI is InChI=1S/C57H44O6/c1-4-7-10-13-16-19-22-25-28-31-34-37-40-43-46-49-55(58)61-52-54(63-57(60)51-48-45-42-39-36-33-30-27-24-21-18-15-12-9-6-3)53-62-56(59)50-47-44-41-38-35-32-29-26-23-20-17-14-11-8-5-2/h27,30,54H,6,9,12,15,18,21,24,33,36,39,42,45,48,51-53H2,1-3H3/b30-27+. The largest absolute Gasteiger partial charge is 0.455 e. The number of ether oxygens (including phenoxy) is 3. The van der Waals surface area contributed by atoms with Crippen LogP contribution in [0.3, 0.4) is 0 Å². The van der Waals surface area contributed by atoms with Gasteiger partial charge in [-0.2, -0.15) is 0 Å². The second-order valence-electron chi connectivity index (χ2n) is 11.9. The van der Waals surface area contributed by atoms with Crippen LogP contribution in [0.25, 0.3) is 0 Å². The van der Waals surface area contributed by atoms with Gasteiger partial charge in [-0.1, -0.05) is 82.3 Å². The fourth-order valence-electron chi connectivity index (χ4n) is 4.15. The van der Waals surface area contributed by atoms with Gasteiger partial charge in [0.15, 0.2) is 6.10 Å². The molecular formula is C57H44O6. The summed E-state index contributed by atoms with van der Waals surface area (Å²) in [4.78, 5) is 37.1. The zero-order valence-electron chi connectivity index (χ0n) is 36.0. The molecule has 0 N–H and O–H groups in total. The number of rotatable bonds is 20. The van der Waals surface area contributed by atoms with Crippen molar-refractivity contribution in [3.63, 3.8) is 0 Å². The smallest absolute Gasteiger partial charge is 0.385 e. The van der Waals surface area contributed by atoms with E-state index in [1.54, 1.807) is 13.8 Å². The lowest BCUT2D eigenvalue weighted by Gasteiger charge is -2.16. The third-order valence-corrected chi connectivity index (χ3v) is 6.95. The highest BCUT2D eigenvalue weighted by Gasteiger charge is 2.18. The fraction of sp³-hybridized carbons (Fsp3) is 0.351. The van der Waals surface area contributed by atoms with Crippen LogP contribution in [0.5, 0.6) is 0 Å². The van der Waals surface area contributed by atoms with Gasteiger partial charge < -0.3 is 14.2 Å². The van der Waals surface area contributed by atoms with Crippen LogP contribution in [0.4, 0.5) is 0 Å². The van der Waals surface area contributed by atoms with Gasteiger partial charge in [0.25, 0.3) is 0 Å². The second-order valence-corrected chi connectivity index (χ2v) is 11.9. The second kappa shape index (κ2) is 45.8. The molecule has 0 spiro atoms. The van der Waals surface area contributed by atoms with Crippen molar-refractivity contribution in [3.8, 4) is 189 Å². The molecule has 0 saturated carbocycles. The van der Waals surface area contributed by atoms with E-state index in [0.717, 1.165) is 38.5 Å². The van der Waals surface area contributed by atoms with E-state index in [2.05, 4.69) is 209 Å². The van der Waals surface area contributed by atoms with Crippen LogP contribution in [0.1, 0.15) is 111 Å². The Kier molecular flexibility index (Phi) is 39.3. The molecule has 6 heteroatoms. The van der Waals surface area contributed by atoms with Crippen molar-refractivity contribution in [2.45, 2.75) is 117 Å². The third kappa shape index (κ3) is 44.1. The van der Waals surface area contributed by atoms with Crippen LogP contribution < -0.4 is 0 Å². The first kappa shape index (κ1) is 54.1. The molecule has 0 aromatic carbocycles. The Labute approximate surface area is 376 Å². The minimum absolute atomic E-state index is 0.147. The Morgan fingerprint density at radius 2 is 0.698 bits per heavy atom. The van der Waals surface area contributed by atoms with Gasteiger partial charge in [-0.05, 0) is 212 Å². The van der Waals surface area contributed by atoms with Crippen LogP contribution in [-0.2, 0) is 28.6 Å². The highest BCUT2D eigenvalue weighted by atomic mass is 16.6. The van der Waals surface area contributed by atoms with Gasteiger partial charge in [-0.3, -0.25) is 4.79 Å². The number of hydrogen-bond acceptors (Lipinski definition) is 6. The summed E-state index contributed by atoms with van der Waals surface area (Å²) in [7, 11) is 0. The lowest BCUT2D eigenvalue weighted by atomic mass is 10.1. The average Bonchev–Trinajstić information content (AvgIpc) is 3.28. The zero-order chi connectivity index (χ0) is 45.8. The summed E-state index contributed by atoms with van der Waals surface area (Å²) in [6.45, 7) is 4.70. The van der Waals surface area contributed by atoms with Crippen molar-refractivity contribution in [1.29, 1.82) is 0 Å². The Hall–Kier alpha value is -8.89. The van der Waals surface area contributed by atoms with Gasteiger partial charge in [0.1, 0.15) is 13.2 Å². The number of hydrogen-bond donors (Lipinski definition) is 0. The summed E-state index contributed by atoms with van der Waals surface area (Å²) in [6.07, 6.45) is 18.2. The predicted molar refractivity (Wildman–Crippen MR) is 247 cm³/mol. The Balaban J connectivity index is 5.14. The topological polar surface area (TPSA) is 78.9 Å². The van der Waals surface area contributed by atoms with E-state index in [1.165, 1.54) is 38.5 Å². The molecule has 0 fully saturated rings. The molecule has 0 bridgehead atoms. The van der Waals surface area contributed by atoms with Crippen molar-refractivity contribution in [2.75, 3.05) is 13.2 Å². The van der Waals surface area contributed by atoms with Crippen molar-refractivity contribution in [3.05, 3.63) is 12.2 Å². The SMILES string of the molecule is CC#CC#CC#CC#CC#CC#CC#CC#CC(=O)OCC(COC(=O)C#CC#CC#CC#CC#CC#CC#CC#CC)OC(=O)CCCCCCC/C=C/CCCCCCCC. The summed E-state index contributed by atoms with van der Waals surface area (Å²) < 4.78 is 15.7. The molecule has 0 rings (SSSR count). The number of carbonyl (C=O) groups excluding carboxylic acids is 3. The molecule has 0 aromatic rings. The van der Waals surface area contributed by atoms with Crippen LogP contribution in [0.15, 0.2) is 12.2 Å². The van der Waals surface area contributed by atoms with Crippen molar-refractivity contribution >= 4 is 17.9 Å². The molecule has 0 unspecified atom stereocenters. The van der Waals surface area contributed by atoms with Crippen LogP contribution >= 0.6 is 0 Å². The molecule has 0 aliphatic heterocycles. The quantitative estimate of drug-likeness (QED) is 0.0368. The van der Waals surface area contributed by atoms with E-state index < -0.39 is 37.2 Å². The number of esters is 3. The molecule has 0 saturated heterocycles. The van der Waals surface area contributed by atoms with E-state index in [4.69, 9.17) is 14.2 Å². The first-order valence-electron chi connectivity index (χ1n) is 20.1. The lowest BCUT2D eigenvalue weighted by molar-refractivity contribution is -0.163. The number of allylic oxidation sites excluding steroid dienone is 2. The lowest BCUT2D eigenvalue weighted by Crippen LogP contribution is -2.30. The van der Waals surface area contributed by atoms with E-state index in [9.17, 15) is 14.4 Å². The van der Waals surface area contributed by atoms with Crippen LogP contribution in [0, 0.1) is 189 Å². The van der Waals surface area contributed by atoms with Gasteiger partial charge in [-0.15, -0.1) is 0 Å². The first-order valence-corrected chi connectivity index (χ1v) is 20.1. The molecule has 0 heterocycles. The van der Waals surface area contributed by atoms with E-state index in [1.807, 2.05) is 0 Å². The summed E-state index contributed by atoms with van der Waals surface area (Å²) >= 11 is 0. The normalized spacial score (nSPS) is 7.49. The van der Waals surface area contributed by atoms with E-state index >= 15 is 0 Å².